The molecule has 0 saturated carbocycles. The van der Waals surface area contributed by atoms with Crippen LogP contribution in [-0.2, 0) is 0 Å². The lowest BCUT2D eigenvalue weighted by atomic mass is 10.1. The first-order chi connectivity index (χ1) is 15.8. The Hall–Kier alpha value is -3.53. The molecule has 4 aromatic rings. The van der Waals surface area contributed by atoms with Crippen LogP contribution in [-0.4, -0.2) is 27.1 Å². The number of benzene rings is 3. The van der Waals surface area contributed by atoms with Gasteiger partial charge in [0, 0.05) is 21.8 Å². The second-order valence-electron chi connectivity index (χ2n) is 6.69. The van der Waals surface area contributed by atoms with Crippen LogP contribution in [0.1, 0.15) is 20.7 Å². The number of carbonyl (C=O) groups excluding carboxylic acids is 2. The molecule has 0 spiro atoms. The molecule has 0 atom stereocenters. The van der Waals surface area contributed by atoms with E-state index in [2.05, 4.69) is 20.8 Å². The number of aromatic nitrogens is 2. The Morgan fingerprint density at radius 3 is 2.24 bits per heavy atom. The predicted molar refractivity (Wildman–Crippen MR) is 126 cm³/mol. The highest BCUT2D eigenvalue weighted by Crippen LogP contribution is 2.39. The van der Waals surface area contributed by atoms with Crippen molar-refractivity contribution in [2.45, 2.75) is 0 Å². The lowest BCUT2D eigenvalue weighted by Crippen LogP contribution is -2.14. The molecule has 3 N–H and O–H groups in total. The van der Waals surface area contributed by atoms with Gasteiger partial charge < -0.3 is 10.4 Å². The number of nitrogens with zero attached hydrogens (tertiary/aromatic N) is 2. The molecule has 11 heteroatoms. The molecule has 0 saturated heterocycles. The summed E-state index contributed by atoms with van der Waals surface area (Å²) in [5.41, 5.74) is 1.19. The number of halogens is 3. The average molecular weight is 503 g/mol. The molecule has 166 valence electrons. The number of phenolic OH excluding ortho intramolecular Hbond substituents is 1. The fourth-order valence-corrected chi connectivity index (χ4v) is 4.07. The minimum atomic E-state index is -0.469. The fourth-order valence-electron chi connectivity index (χ4n) is 2.82. The Morgan fingerprint density at radius 2 is 1.58 bits per heavy atom. The van der Waals surface area contributed by atoms with E-state index < -0.39 is 17.6 Å². The van der Waals surface area contributed by atoms with Gasteiger partial charge in [0.2, 0.25) is 5.13 Å². The number of rotatable bonds is 5. The zero-order chi connectivity index (χ0) is 23.5. The maximum atomic E-state index is 13.3. The van der Waals surface area contributed by atoms with Crippen LogP contribution in [0.2, 0.25) is 10.0 Å². The summed E-state index contributed by atoms with van der Waals surface area (Å²) >= 11 is 12.9. The normalized spacial score (nSPS) is 10.6. The van der Waals surface area contributed by atoms with E-state index in [4.69, 9.17) is 23.2 Å². The van der Waals surface area contributed by atoms with Crippen molar-refractivity contribution in [2.24, 2.45) is 0 Å². The van der Waals surface area contributed by atoms with Gasteiger partial charge in [-0.25, -0.2) is 4.39 Å². The van der Waals surface area contributed by atoms with Gasteiger partial charge in [0.25, 0.3) is 11.8 Å². The van der Waals surface area contributed by atoms with Crippen molar-refractivity contribution in [1.29, 1.82) is 0 Å². The summed E-state index contributed by atoms with van der Waals surface area (Å²) in [6, 6.07) is 14.3. The molecule has 0 bridgehead atoms. The maximum Gasteiger partial charge on any atom is 0.257 e. The molecule has 0 aliphatic carbocycles. The Kier molecular flexibility index (Phi) is 6.55. The third-order valence-electron chi connectivity index (χ3n) is 4.40. The minimum absolute atomic E-state index is 0.0693. The molecule has 0 aliphatic heterocycles. The first-order valence-electron chi connectivity index (χ1n) is 9.30. The van der Waals surface area contributed by atoms with Crippen molar-refractivity contribution in [3.63, 3.8) is 0 Å². The van der Waals surface area contributed by atoms with Crippen molar-refractivity contribution >= 4 is 57.2 Å². The van der Waals surface area contributed by atoms with Crippen molar-refractivity contribution in [2.75, 3.05) is 10.6 Å². The highest BCUT2D eigenvalue weighted by molar-refractivity contribution is 7.18. The second-order valence-corrected chi connectivity index (χ2v) is 8.51. The molecule has 1 heterocycles. The van der Waals surface area contributed by atoms with E-state index in [1.807, 2.05) is 0 Å². The zero-order valence-corrected chi connectivity index (χ0v) is 18.8. The molecular formula is C22H13Cl2FN4O3S. The van der Waals surface area contributed by atoms with Crippen LogP contribution in [0.25, 0.3) is 10.6 Å². The Morgan fingerprint density at radius 1 is 0.909 bits per heavy atom. The first kappa shape index (κ1) is 22.7. The average Bonchev–Trinajstić information content (AvgIpc) is 3.24. The van der Waals surface area contributed by atoms with E-state index >= 15 is 0 Å². The summed E-state index contributed by atoms with van der Waals surface area (Å²) in [4.78, 5) is 24.9. The van der Waals surface area contributed by atoms with Crippen molar-refractivity contribution in [3.05, 3.63) is 87.7 Å². The Bertz CT molecular complexity index is 1360. The van der Waals surface area contributed by atoms with E-state index in [9.17, 15) is 19.1 Å². The van der Waals surface area contributed by atoms with Gasteiger partial charge in [-0.3, -0.25) is 14.9 Å². The molecule has 0 unspecified atom stereocenters. The molecule has 0 aliphatic rings. The number of hydrogen-bond donors (Lipinski definition) is 3. The monoisotopic (exact) mass is 502 g/mol. The number of carbonyl (C=O) groups is 2. The standard InChI is InChI=1S/C22H13Cl2FN4O3S/c23-13-8-16(18(30)17(24)9-13)21-28-29-22(33-21)27-20(32)12-6-4-11(5-7-12)19(31)26-15-3-1-2-14(25)10-15/h1-10,30H,(H,26,31)(H,27,29,32). The van der Waals surface area contributed by atoms with Gasteiger partial charge in [-0.1, -0.05) is 40.6 Å². The summed E-state index contributed by atoms with van der Waals surface area (Å²) in [6.07, 6.45) is 0. The predicted octanol–water partition coefficient (Wildman–Crippen LogP) is 5.86. The quantitative estimate of drug-likeness (QED) is 0.317. The van der Waals surface area contributed by atoms with E-state index in [0.717, 1.165) is 11.3 Å². The zero-order valence-electron chi connectivity index (χ0n) is 16.5. The molecule has 1 aromatic heterocycles. The van der Waals surface area contributed by atoms with Gasteiger partial charge >= 0.3 is 0 Å². The van der Waals surface area contributed by atoms with Gasteiger partial charge in [-0.2, -0.15) is 0 Å². The van der Waals surface area contributed by atoms with Crippen LogP contribution in [0, 0.1) is 5.82 Å². The Balaban J connectivity index is 1.44. The molecule has 3 aromatic carbocycles. The van der Waals surface area contributed by atoms with Crippen LogP contribution >= 0.6 is 34.5 Å². The van der Waals surface area contributed by atoms with E-state index in [1.165, 1.54) is 54.6 Å². The molecule has 7 nitrogen and oxygen atoms in total. The number of aromatic hydroxyl groups is 1. The molecule has 4 rings (SSSR count). The molecule has 0 radical (unpaired) electrons. The van der Waals surface area contributed by atoms with Gasteiger partial charge in [0.15, 0.2) is 5.01 Å². The van der Waals surface area contributed by atoms with Crippen LogP contribution < -0.4 is 10.6 Å². The van der Waals surface area contributed by atoms with E-state index in [-0.39, 0.29) is 21.5 Å². The molecule has 2 amide bonds. The number of hydrogen-bond acceptors (Lipinski definition) is 6. The van der Waals surface area contributed by atoms with Gasteiger partial charge in [0.1, 0.15) is 11.6 Å². The smallest absolute Gasteiger partial charge is 0.257 e. The van der Waals surface area contributed by atoms with Crippen LogP contribution in [0.4, 0.5) is 15.2 Å². The van der Waals surface area contributed by atoms with Crippen molar-refractivity contribution in [1.82, 2.24) is 10.2 Å². The Labute approximate surface area is 200 Å². The third-order valence-corrected chi connectivity index (χ3v) is 5.77. The third kappa shape index (κ3) is 5.28. The summed E-state index contributed by atoms with van der Waals surface area (Å²) in [6.45, 7) is 0. The largest absolute Gasteiger partial charge is 0.506 e. The topological polar surface area (TPSA) is 104 Å². The van der Waals surface area contributed by atoms with Crippen molar-refractivity contribution in [3.8, 4) is 16.3 Å². The number of amides is 2. The van der Waals surface area contributed by atoms with Crippen molar-refractivity contribution < 1.29 is 19.1 Å². The molecule has 33 heavy (non-hydrogen) atoms. The van der Waals surface area contributed by atoms with Gasteiger partial charge in [-0.05, 0) is 54.6 Å². The fraction of sp³-hybridized carbons (Fsp3) is 0. The van der Waals surface area contributed by atoms with E-state index in [0.29, 0.717) is 26.8 Å². The second kappa shape index (κ2) is 9.53. The van der Waals surface area contributed by atoms with E-state index in [1.54, 1.807) is 6.07 Å². The molecular weight excluding hydrogens is 490 g/mol. The van der Waals surface area contributed by atoms with Crippen LogP contribution in [0.5, 0.6) is 5.75 Å². The SMILES string of the molecule is O=C(Nc1cccc(F)c1)c1ccc(C(=O)Nc2nnc(-c3cc(Cl)cc(Cl)c3O)s2)cc1. The highest BCUT2D eigenvalue weighted by Gasteiger charge is 2.17. The maximum absolute atomic E-state index is 13.3. The van der Waals surface area contributed by atoms with Crippen LogP contribution in [0.15, 0.2) is 60.7 Å². The highest BCUT2D eigenvalue weighted by atomic mass is 35.5. The lowest BCUT2D eigenvalue weighted by Gasteiger charge is -2.06. The summed E-state index contributed by atoms with van der Waals surface area (Å²) in [7, 11) is 0. The number of phenols is 1. The first-order valence-corrected chi connectivity index (χ1v) is 10.9. The van der Waals surface area contributed by atoms with Crippen LogP contribution in [0.3, 0.4) is 0 Å². The van der Waals surface area contributed by atoms with Gasteiger partial charge in [-0.15, -0.1) is 10.2 Å². The number of anilines is 2. The lowest BCUT2D eigenvalue weighted by molar-refractivity contribution is 0.101. The van der Waals surface area contributed by atoms with Gasteiger partial charge in [0.05, 0.1) is 10.6 Å². The number of nitrogens with one attached hydrogen (secondary N) is 2. The summed E-state index contributed by atoms with van der Waals surface area (Å²) < 4.78 is 13.3. The molecule has 0 fully saturated rings. The summed E-state index contributed by atoms with van der Waals surface area (Å²) in [5, 5.41) is 24.1. The minimum Gasteiger partial charge on any atom is -0.506 e. The summed E-state index contributed by atoms with van der Waals surface area (Å²) in [5.74, 6) is -1.57.